The van der Waals surface area contributed by atoms with Crippen molar-refractivity contribution in [2.24, 2.45) is 4.99 Å². The van der Waals surface area contributed by atoms with Gasteiger partial charge in [-0.3, -0.25) is 9.79 Å². The van der Waals surface area contributed by atoms with E-state index in [-0.39, 0.29) is 29.9 Å². The molecule has 0 aromatic heterocycles. The molecule has 0 bridgehead atoms. The van der Waals surface area contributed by atoms with Gasteiger partial charge >= 0.3 is 0 Å². The zero-order valence-electron chi connectivity index (χ0n) is 15.7. The Labute approximate surface area is 193 Å². The Morgan fingerprint density at radius 2 is 1.57 bits per heavy atom. The first-order valence-corrected chi connectivity index (χ1v) is 9.65. The molecule has 0 spiro atoms. The standard InChI is InChI=1S/C20H24Cl2N4O.HI/c1-2-23-20(25-12-11-15-7-3-5-9-17(15)21)26-14-13-24-19(27)16-8-4-6-10-18(16)22;/h3-10H,2,11-14H2,1H3,(H,24,27)(H2,23,25,26);1H. The van der Waals surface area contributed by atoms with E-state index in [4.69, 9.17) is 23.2 Å². The lowest BCUT2D eigenvalue weighted by atomic mass is 10.1. The lowest BCUT2D eigenvalue weighted by Gasteiger charge is -2.12. The minimum absolute atomic E-state index is 0. The van der Waals surface area contributed by atoms with E-state index in [9.17, 15) is 4.79 Å². The van der Waals surface area contributed by atoms with Crippen LogP contribution in [-0.4, -0.2) is 38.0 Å². The van der Waals surface area contributed by atoms with Crippen molar-refractivity contribution in [1.29, 1.82) is 0 Å². The molecule has 0 saturated carbocycles. The number of carbonyl (C=O) groups is 1. The number of rotatable bonds is 8. The zero-order chi connectivity index (χ0) is 19.5. The summed E-state index contributed by atoms with van der Waals surface area (Å²) >= 11 is 12.2. The molecule has 3 N–H and O–H groups in total. The molecule has 0 saturated heterocycles. The van der Waals surface area contributed by atoms with Gasteiger partial charge in [-0.05, 0) is 37.1 Å². The average Bonchev–Trinajstić information content (AvgIpc) is 2.67. The molecule has 0 aliphatic heterocycles. The van der Waals surface area contributed by atoms with E-state index in [1.165, 1.54) is 0 Å². The first-order chi connectivity index (χ1) is 13.1. The maximum absolute atomic E-state index is 12.1. The highest BCUT2D eigenvalue weighted by atomic mass is 127. The number of nitrogens with zero attached hydrogens (tertiary/aromatic N) is 1. The third-order valence-electron chi connectivity index (χ3n) is 3.77. The van der Waals surface area contributed by atoms with Gasteiger partial charge in [-0.25, -0.2) is 0 Å². The van der Waals surface area contributed by atoms with Crippen LogP contribution in [0.1, 0.15) is 22.8 Å². The molecular weight excluding hydrogens is 510 g/mol. The minimum atomic E-state index is -0.192. The van der Waals surface area contributed by atoms with Crippen molar-refractivity contribution in [3.8, 4) is 0 Å². The Bertz CT molecular complexity index is 786. The van der Waals surface area contributed by atoms with E-state index in [0.717, 1.165) is 23.6 Å². The van der Waals surface area contributed by atoms with Crippen LogP contribution in [0.5, 0.6) is 0 Å². The van der Waals surface area contributed by atoms with Crippen molar-refractivity contribution in [3.63, 3.8) is 0 Å². The molecule has 0 radical (unpaired) electrons. The number of hydrogen-bond donors (Lipinski definition) is 3. The maximum atomic E-state index is 12.1. The zero-order valence-corrected chi connectivity index (χ0v) is 19.5. The van der Waals surface area contributed by atoms with Gasteiger partial charge in [-0.2, -0.15) is 0 Å². The summed E-state index contributed by atoms with van der Waals surface area (Å²) in [5.41, 5.74) is 1.55. The predicted molar refractivity (Wildman–Crippen MR) is 128 cm³/mol. The fraction of sp³-hybridized carbons (Fsp3) is 0.300. The van der Waals surface area contributed by atoms with Gasteiger partial charge in [0.1, 0.15) is 0 Å². The lowest BCUT2D eigenvalue weighted by molar-refractivity contribution is 0.0954. The van der Waals surface area contributed by atoms with E-state index in [1.807, 2.05) is 31.2 Å². The second-order valence-corrected chi connectivity index (χ2v) is 6.58. The molecule has 2 aromatic rings. The van der Waals surface area contributed by atoms with E-state index < -0.39 is 0 Å². The smallest absolute Gasteiger partial charge is 0.252 e. The third kappa shape index (κ3) is 8.24. The highest BCUT2D eigenvalue weighted by Crippen LogP contribution is 2.15. The number of carbonyl (C=O) groups excluding carboxylic acids is 1. The van der Waals surface area contributed by atoms with Gasteiger partial charge in [0.15, 0.2) is 5.96 Å². The van der Waals surface area contributed by atoms with Gasteiger partial charge in [0.05, 0.1) is 10.6 Å². The predicted octanol–water partition coefficient (Wildman–Crippen LogP) is 4.14. The van der Waals surface area contributed by atoms with Crippen molar-refractivity contribution in [1.82, 2.24) is 16.0 Å². The van der Waals surface area contributed by atoms with Crippen LogP contribution in [0.15, 0.2) is 53.5 Å². The molecule has 0 atom stereocenters. The van der Waals surface area contributed by atoms with Crippen LogP contribution in [0.2, 0.25) is 10.0 Å². The molecule has 0 aliphatic rings. The Morgan fingerprint density at radius 1 is 0.929 bits per heavy atom. The Balaban J connectivity index is 0.00000392. The summed E-state index contributed by atoms with van der Waals surface area (Å²) < 4.78 is 0. The molecule has 28 heavy (non-hydrogen) atoms. The molecule has 0 unspecified atom stereocenters. The van der Waals surface area contributed by atoms with Gasteiger partial charge in [0.2, 0.25) is 0 Å². The van der Waals surface area contributed by atoms with Crippen LogP contribution in [0.4, 0.5) is 0 Å². The van der Waals surface area contributed by atoms with Crippen molar-refractivity contribution >= 4 is 59.0 Å². The van der Waals surface area contributed by atoms with Crippen LogP contribution in [0.3, 0.4) is 0 Å². The normalized spacial score (nSPS) is 10.8. The molecule has 8 heteroatoms. The number of aliphatic imine (C=N–C) groups is 1. The second kappa shape index (κ2) is 13.6. The van der Waals surface area contributed by atoms with Crippen LogP contribution in [0, 0.1) is 0 Å². The summed E-state index contributed by atoms with van der Waals surface area (Å²) in [4.78, 5) is 16.7. The molecule has 2 rings (SSSR count). The number of benzene rings is 2. The van der Waals surface area contributed by atoms with Crippen molar-refractivity contribution in [2.45, 2.75) is 13.3 Å². The fourth-order valence-electron chi connectivity index (χ4n) is 2.43. The maximum Gasteiger partial charge on any atom is 0.252 e. The lowest BCUT2D eigenvalue weighted by Crippen LogP contribution is -2.41. The number of guanidine groups is 1. The van der Waals surface area contributed by atoms with E-state index in [2.05, 4.69) is 20.9 Å². The third-order valence-corrected chi connectivity index (χ3v) is 4.47. The van der Waals surface area contributed by atoms with E-state index >= 15 is 0 Å². The average molecular weight is 535 g/mol. The molecule has 5 nitrogen and oxygen atoms in total. The van der Waals surface area contributed by atoms with Crippen molar-refractivity contribution < 1.29 is 4.79 Å². The monoisotopic (exact) mass is 534 g/mol. The van der Waals surface area contributed by atoms with E-state index in [0.29, 0.717) is 36.2 Å². The summed E-state index contributed by atoms with van der Waals surface area (Å²) in [5, 5.41) is 10.4. The molecule has 2 aromatic carbocycles. The van der Waals surface area contributed by atoms with E-state index in [1.54, 1.807) is 24.3 Å². The molecule has 0 heterocycles. The summed E-state index contributed by atoms with van der Waals surface area (Å²) in [7, 11) is 0. The highest BCUT2D eigenvalue weighted by molar-refractivity contribution is 14.0. The SMILES string of the molecule is CCNC(=NCCc1ccccc1Cl)NCCNC(=O)c1ccccc1Cl.I. The fourth-order valence-corrected chi connectivity index (χ4v) is 2.88. The van der Waals surface area contributed by atoms with Gasteiger partial charge in [0, 0.05) is 31.2 Å². The van der Waals surface area contributed by atoms with Crippen LogP contribution >= 0.6 is 47.2 Å². The van der Waals surface area contributed by atoms with Gasteiger partial charge in [-0.1, -0.05) is 53.5 Å². The van der Waals surface area contributed by atoms with Gasteiger partial charge < -0.3 is 16.0 Å². The summed E-state index contributed by atoms with van der Waals surface area (Å²) in [6.45, 7) is 4.38. The largest absolute Gasteiger partial charge is 0.357 e. The Morgan fingerprint density at radius 3 is 2.25 bits per heavy atom. The number of nitrogens with one attached hydrogen (secondary N) is 3. The topological polar surface area (TPSA) is 65.5 Å². The molecule has 1 amide bonds. The highest BCUT2D eigenvalue weighted by Gasteiger charge is 2.08. The first-order valence-electron chi connectivity index (χ1n) is 8.90. The number of hydrogen-bond acceptors (Lipinski definition) is 2. The minimum Gasteiger partial charge on any atom is -0.357 e. The number of amides is 1. The van der Waals surface area contributed by atoms with Crippen molar-refractivity contribution in [2.75, 3.05) is 26.2 Å². The quantitative estimate of drug-likeness (QED) is 0.206. The summed E-state index contributed by atoms with van der Waals surface area (Å²) in [6.07, 6.45) is 0.763. The molecule has 0 fully saturated rings. The first kappa shape index (κ1) is 24.5. The van der Waals surface area contributed by atoms with Gasteiger partial charge in [-0.15, -0.1) is 24.0 Å². The molecule has 0 aliphatic carbocycles. The summed E-state index contributed by atoms with van der Waals surface area (Å²) in [6, 6.07) is 14.7. The van der Waals surface area contributed by atoms with Crippen LogP contribution in [0.25, 0.3) is 0 Å². The number of halogens is 3. The molecular formula is C20H25Cl2IN4O. The molecule has 152 valence electrons. The Kier molecular flexibility index (Phi) is 11.9. The van der Waals surface area contributed by atoms with Gasteiger partial charge in [0.25, 0.3) is 5.91 Å². The van der Waals surface area contributed by atoms with Crippen LogP contribution < -0.4 is 16.0 Å². The second-order valence-electron chi connectivity index (χ2n) is 5.76. The summed E-state index contributed by atoms with van der Waals surface area (Å²) in [5.74, 6) is 0.514. The van der Waals surface area contributed by atoms with Crippen molar-refractivity contribution in [3.05, 3.63) is 69.7 Å². The van der Waals surface area contributed by atoms with Crippen LogP contribution in [-0.2, 0) is 6.42 Å². The Hall–Kier alpha value is -1.51.